The van der Waals surface area contributed by atoms with Crippen molar-refractivity contribution in [1.29, 1.82) is 0 Å². The van der Waals surface area contributed by atoms with E-state index in [-0.39, 0.29) is 0 Å². The molecule has 3 rings (SSSR count). The first-order chi connectivity index (χ1) is 12.7. The zero-order valence-corrected chi connectivity index (χ0v) is 15.1. The number of carbonyl (C=O) groups is 1. The molecule has 0 saturated heterocycles. The summed E-state index contributed by atoms with van der Waals surface area (Å²) in [6.45, 7) is 2.76. The number of aliphatic hydroxyl groups is 1. The van der Waals surface area contributed by atoms with E-state index in [1.807, 2.05) is 49.4 Å². The van der Waals surface area contributed by atoms with E-state index in [2.05, 4.69) is 0 Å². The van der Waals surface area contributed by atoms with Gasteiger partial charge in [-0.05, 0) is 30.1 Å². The van der Waals surface area contributed by atoms with Crippen LogP contribution in [0.3, 0.4) is 0 Å². The summed E-state index contributed by atoms with van der Waals surface area (Å²) in [6.07, 6.45) is 3.67. The number of rotatable bonds is 6. The van der Waals surface area contributed by atoms with Crippen LogP contribution in [0.1, 0.15) is 25.3 Å². The van der Waals surface area contributed by atoms with Gasteiger partial charge in [0.05, 0.1) is 13.2 Å². The van der Waals surface area contributed by atoms with Gasteiger partial charge in [-0.1, -0.05) is 42.5 Å². The van der Waals surface area contributed by atoms with Gasteiger partial charge in [0.15, 0.2) is 0 Å². The second kappa shape index (κ2) is 8.34. The number of allylic oxidation sites excluding steroid dienone is 1. The molecule has 26 heavy (non-hydrogen) atoms. The summed E-state index contributed by atoms with van der Waals surface area (Å²) in [4.78, 5) is 12.5. The van der Waals surface area contributed by atoms with Crippen LogP contribution < -0.4 is 0 Å². The Morgan fingerprint density at radius 2 is 2.00 bits per heavy atom. The fourth-order valence-electron chi connectivity index (χ4n) is 3.35. The van der Waals surface area contributed by atoms with Gasteiger partial charge < -0.3 is 19.3 Å². The molecule has 1 aromatic rings. The highest BCUT2D eigenvalue weighted by Gasteiger charge is 2.36. The third kappa shape index (κ3) is 3.74. The van der Waals surface area contributed by atoms with E-state index in [4.69, 9.17) is 14.2 Å². The molecule has 0 spiro atoms. The van der Waals surface area contributed by atoms with Crippen LogP contribution in [0.2, 0.25) is 0 Å². The van der Waals surface area contributed by atoms with Gasteiger partial charge in [-0.15, -0.1) is 0 Å². The number of aliphatic hydroxyl groups excluding tert-OH is 1. The van der Waals surface area contributed by atoms with Crippen molar-refractivity contribution in [3.8, 4) is 0 Å². The molecule has 0 fully saturated rings. The van der Waals surface area contributed by atoms with Crippen molar-refractivity contribution in [2.24, 2.45) is 0 Å². The van der Waals surface area contributed by atoms with Crippen molar-refractivity contribution in [2.75, 3.05) is 13.7 Å². The van der Waals surface area contributed by atoms with E-state index in [0.29, 0.717) is 37.4 Å². The molecule has 5 heteroatoms. The number of fused-ring (bicyclic) bond motifs is 1. The van der Waals surface area contributed by atoms with E-state index in [1.165, 1.54) is 7.11 Å². The first-order valence-corrected chi connectivity index (χ1v) is 8.84. The number of hydrogen-bond acceptors (Lipinski definition) is 5. The van der Waals surface area contributed by atoms with E-state index in [9.17, 15) is 9.90 Å². The Hall–Kier alpha value is -2.37. The molecule has 0 aliphatic heterocycles. The van der Waals surface area contributed by atoms with Gasteiger partial charge in [-0.3, -0.25) is 0 Å². The quantitative estimate of drug-likeness (QED) is 0.794. The highest BCUT2D eigenvalue weighted by atomic mass is 16.5. The van der Waals surface area contributed by atoms with Crippen molar-refractivity contribution in [3.63, 3.8) is 0 Å². The molecule has 5 nitrogen and oxygen atoms in total. The van der Waals surface area contributed by atoms with Crippen LogP contribution in [-0.2, 0) is 25.6 Å². The molecule has 1 aromatic carbocycles. The third-order valence-electron chi connectivity index (χ3n) is 4.58. The minimum absolute atomic E-state index is 0.380. The molecular formula is C21H24O5. The summed E-state index contributed by atoms with van der Waals surface area (Å²) in [7, 11) is 1.36. The molecule has 0 radical (unpaired) electrons. The standard InChI is InChI=1S/C21H24O5/c1-3-25-20-16-10-12-18(26-13-14-7-5-4-6-8-14)19(21(23)24-2)15(16)9-11-17(20)22/h4-10,17,20,22H,3,11-13H2,1-2H3. The number of methoxy groups -OCH3 is 1. The first-order valence-electron chi connectivity index (χ1n) is 8.84. The molecular weight excluding hydrogens is 332 g/mol. The van der Waals surface area contributed by atoms with E-state index >= 15 is 0 Å². The lowest BCUT2D eigenvalue weighted by molar-refractivity contribution is -0.136. The maximum atomic E-state index is 12.5. The minimum atomic E-state index is -0.615. The number of carbonyl (C=O) groups excluding carboxylic acids is 1. The maximum absolute atomic E-state index is 12.5. The highest BCUT2D eigenvalue weighted by Crippen LogP contribution is 2.39. The lowest BCUT2D eigenvalue weighted by Crippen LogP contribution is -2.36. The molecule has 0 aromatic heterocycles. The lowest BCUT2D eigenvalue weighted by Gasteiger charge is -2.34. The predicted octanol–water partition coefficient (Wildman–Crippen LogP) is 3.06. The smallest absolute Gasteiger partial charge is 0.341 e. The zero-order chi connectivity index (χ0) is 18.5. The van der Waals surface area contributed by atoms with Crippen LogP contribution in [0.4, 0.5) is 0 Å². The fourth-order valence-corrected chi connectivity index (χ4v) is 3.35. The van der Waals surface area contributed by atoms with Crippen LogP contribution in [-0.4, -0.2) is 37.0 Å². The molecule has 2 atom stereocenters. The van der Waals surface area contributed by atoms with Crippen molar-refractivity contribution in [3.05, 3.63) is 70.5 Å². The monoisotopic (exact) mass is 356 g/mol. The molecule has 0 bridgehead atoms. The van der Waals surface area contributed by atoms with Gasteiger partial charge >= 0.3 is 5.97 Å². The van der Waals surface area contributed by atoms with Gasteiger partial charge in [-0.2, -0.15) is 0 Å². The highest BCUT2D eigenvalue weighted by molar-refractivity contribution is 5.96. The Morgan fingerprint density at radius 3 is 2.69 bits per heavy atom. The largest absolute Gasteiger partial charge is 0.492 e. The molecule has 1 N–H and O–H groups in total. The summed E-state index contributed by atoms with van der Waals surface area (Å²) in [5, 5.41) is 10.3. The average Bonchev–Trinajstić information content (AvgIpc) is 2.68. The molecule has 138 valence electrons. The normalized spacial score (nSPS) is 22.3. The second-order valence-corrected chi connectivity index (χ2v) is 6.22. The number of ether oxygens (including phenoxy) is 3. The Bertz CT molecular complexity index is 745. The topological polar surface area (TPSA) is 65.0 Å². The third-order valence-corrected chi connectivity index (χ3v) is 4.58. The maximum Gasteiger partial charge on any atom is 0.341 e. The van der Waals surface area contributed by atoms with Crippen LogP contribution in [0.25, 0.3) is 0 Å². The molecule has 0 saturated carbocycles. The number of hydrogen-bond donors (Lipinski definition) is 1. The van der Waals surface area contributed by atoms with Crippen molar-refractivity contribution >= 4 is 5.97 Å². The molecule has 2 aliphatic rings. The van der Waals surface area contributed by atoms with Crippen molar-refractivity contribution in [1.82, 2.24) is 0 Å². The van der Waals surface area contributed by atoms with Crippen LogP contribution >= 0.6 is 0 Å². The SMILES string of the molecule is CCOC1C2=CCC(OCc3ccccc3)=C(C(=O)OC)C2=CCC1O. The van der Waals surface area contributed by atoms with Gasteiger partial charge in [0.25, 0.3) is 0 Å². The molecule has 2 unspecified atom stereocenters. The number of benzene rings is 1. The Kier molecular flexibility index (Phi) is 5.91. The summed E-state index contributed by atoms with van der Waals surface area (Å²) < 4.78 is 16.7. The van der Waals surface area contributed by atoms with Crippen LogP contribution in [0.5, 0.6) is 0 Å². The summed E-state index contributed by atoms with van der Waals surface area (Å²) in [5.74, 6) is 0.152. The minimum Gasteiger partial charge on any atom is -0.492 e. The van der Waals surface area contributed by atoms with Crippen LogP contribution in [0.15, 0.2) is 65.0 Å². The van der Waals surface area contributed by atoms with Gasteiger partial charge in [0, 0.05) is 13.0 Å². The molecule has 2 aliphatic carbocycles. The first kappa shape index (κ1) is 18.4. The van der Waals surface area contributed by atoms with Gasteiger partial charge in [0.1, 0.15) is 24.0 Å². The summed E-state index contributed by atoms with van der Waals surface area (Å²) in [6, 6.07) is 9.80. The fraction of sp³-hybridized carbons (Fsp3) is 0.381. The molecule has 0 heterocycles. The van der Waals surface area contributed by atoms with E-state index in [0.717, 1.165) is 16.7 Å². The summed E-state index contributed by atoms with van der Waals surface area (Å²) in [5.41, 5.74) is 3.03. The predicted molar refractivity (Wildman–Crippen MR) is 97.1 cm³/mol. The number of esters is 1. The van der Waals surface area contributed by atoms with E-state index < -0.39 is 18.2 Å². The zero-order valence-electron chi connectivity index (χ0n) is 15.1. The lowest BCUT2D eigenvalue weighted by atomic mass is 9.80. The molecule has 0 amide bonds. The summed E-state index contributed by atoms with van der Waals surface area (Å²) >= 11 is 0. The Balaban J connectivity index is 1.90. The second-order valence-electron chi connectivity index (χ2n) is 6.22. The van der Waals surface area contributed by atoms with E-state index in [1.54, 1.807) is 0 Å². The van der Waals surface area contributed by atoms with Crippen LogP contribution in [0, 0.1) is 0 Å². The van der Waals surface area contributed by atoms with Gasteiger partial charge in [0.2, 0.25) is 0 Å². The Morgan fingerprint density at radius 1 is 1.23 bits per heavy atom. The Labute approximate surface area is 153 Å². The van der Waals surface area contributed by atoms with Crippen molar-refractivity contribution < 1.29 is 24.1 Å². The average molecular weight is 356 g/mol. The van der Waals surface area contributed by atoms with Gasteiger partial charge in [-0.25, -0.2) is 4.79 Å². The van der Waals surface area contributed by atoms with Crippen molar-refractivity contribution in [2.45, 2.75) is 38.6 Å².